The fourth-order valence-corrected chi connectivity index (χ4v) is 2.10. The van der Waals surface area contributed by atoms with Crippen LogP contribution in [0, 0.1) is 0 Å². The Balaban J connectivity index is 2.08. The van der Waals surface area contributed by atoms with Crippen molar-refractivity contribution in [1.82, 2.24) is 5.32 Å². The monoisotopic (exact) mass is 321 g/mol. The molecule has 6 heteroatoms. The van der Waals surface area contributed by atoms with Gasteiger partial charge in [-0.2, -0.15) is 8.78 Å². The molecule has 2 N–H and O–H groups in total. The van der Waals surface area contributed by atoms with Crippen molar-refractivity contribution in [3.8, 4) is 5.75 Å². The smallest absolute Gasteiger partial charge is 0.387 e. The first-order chi connectivity index (χ1) is 10.9. The first-order valence-electron chi connectivity index (χ1n) is 7.00. The number of alkyl halides is 2. The average molecular weight is 321 g/mol. The van der Waals surface area contributed by atoms with Gasteiger partial charge < -0.3 is 15.2 Å². The van der Waals surface area contributed by atoms with Crippen molar-refractivity contribution in [3.63, 3.8) is 0 Å². The molecule has 0 aromatic heterocycles. The van der Waals surface area contributed by atoms with E-state index in [1.807, 2.05) is 6.07 Å². The number of halogens is 2. The van der Waals surface area contributed by atoms with E-state index in [0.717, 1.165) is 0 Å². The fourth-order valence-electron chi connectivity index (χ4n) is 2.10. The zero-order valence-corrected chi connectivity index (χ0v) is 12.5. The molecule has 23 heavy (non-hydrogen) atoms. The lowest BCUT2D eigenvalue weighted by Crippen LogP contribution is -2.38. The number of nitrogens with one attached hydrogen (secondary N) is 1. The number of aliphatic hydroxyl groups is 1. The van der Waals surface area contributed by atoms with Crippen LogP contribution in [0.5, 0.6) is 5.75 Å². The minimum atomic E-state index is -3.02. The molecule has 0 saturated carbocycles. The lowest BCUT2D eigenvalue weighted by atomic mass is 9.96. The summed E-state index contributed by atoms with van der Waals surface area (Å²) in [6.07, 6.45) is 0. The van der Waals surface area contributed by atoms with E-state index in [1.165, 1.54) is 18.2 Å². The van der Waals surface area contributed by atoms with Crippen LogP contribution in [0.2, 0.25) is 0 Å². The number of carbonyl (C=O) groups is 1. The van der Waals surface area contributed by atoms with Crippen molar-refractivity contribution in [3.05, 3.63) is 65.7 Å². The van der Waals surface area contributed by atoms with E-state index in [2.05, 4.69) is 10.1 Å². The van der Waals surface area contributed by atoms with E-state index in [9.17, 15) is 18.7 Å². The largest absolute Gasteiger partial charge is 0.434 e. The number of amides is 1. The van der Waals surface area contributed by atoms with Crippen LogP contribution in [0.3, 0.4) is 0 Å². The zero-order valence-electron chi connectivity index (χ0n) is 12.5. The van der Waals surface area contributed by atoms with Crippen molar-refractivity contribution in [2.24, 2.45) is 0 Å². The Bertz CT molecular complexity index is 660. The molecule has 0 saturated heterocycles. The van der Waals surface area contributed by atoms with Crippen molar-refractivity contribution in [2.75, 3.05) is 6.54 Å². The Labute approximate surface area is 132 Å². The van der Waals surface area contributed by atoms with Crippen LogP contribution < -0.4 is 10.1 Å². The zero-order chi connectivity index (χ0) is 16.9. The maximum Gasteiger partial charge on any atom is 0.387 e. The molecular formula is C17H17F2NO3. The summed E-state index contributed by atoms with van der Waals surface area (Å²) in [4.78, 5) is 12.2. The van der Waals surface area contributed by atoms with Crippen LogP contribution >= 0.6 is 0 Å². The van der Waals surface area contributed by atoms with Gasteiger partial charge in [0.2, 0.25) is 0 Å². The Morgan fingerprint density at radius 2 is 1.78 bits per heavy atom. The summed E-state index contributed by atoms with van der Waals surface area (Å²) in [5.74, 6) is -0.809. The summed E-state index contributed by atoms with van der Waals surface area (Å²) in [7, 11) is 0. The lowest BCUT2D eigenvalue weighted by Gasteiger charge is -2.24. The minimum Gasteiger partial charge on any atom is -0.434 e. The predicted octanol–water partition coefficient (Wildman–Crippen LogP) is 2.93. The van der Waals surface area contributed by atoms with Gasteiger partial charge in [-0.1, -0.05) is 42.5 Å². The molecule has 0 fully saturated rings. The first-order valence-corrected chi connectivity index (χ1v) is 7.00. The van der Waals surface area contributed by atoms with Gasteiger partial charge in [0.15, 0.2) is 0 Å². The third-order valence-electron chi connectivity index (χ3n) is 3.34. The second-order valence-electron chi connectivity index (χ2n) is 5.20. The third kappa shape index (κ3) is 4.50. The van der Waals surface area contributed by atoms with E-state index in [1.54, 1.807) is 37.3 Å². The quantitative estimate of drug-likeness (QED) is 0.860. The SMILES string of the molecule is CC(O)(CNC(=O)c1ccccc1OC(F)F)c1ccccc1. The number of hydrogen-bond donors (Lipinski definition) is 2. The Morgan fingerprint density at radius 3 is 2.43 bits per heavy atom. The van der Waals surface area contributed by atoms with Gasteiger partial charge in [-0.15, -0.1) is 0 Å². The fraction of sp³-hybridized carbons (Fsp3) is 0.235. The summed E-state index contributed by atoms with van der Waals surface area (Å²) in [6.45, 7) is -1.53. The summed E-state index contributed by atoms with van der Waals surface area (Å²) >= 11 is 0. The standard InChI is InChI=1S/C17H17F2NO3/c1-17(22,12-7-3-2-4-8-12)11-20-15(21)13-9-5-6-10-14(13)23-16(18)19/h2-10,16,22H,11H2,1H3,(H,20,21). The molecule has 0 aliphatic carbocycles. The van der Waals surface area contributed by atoms with Gasteiger partial charge in [0.05, 0.1) is 12.1 Å². The van der Waals surface area contributed by atoms with Crippen LogP contribution in [0.25, 0.3) is 0 Å². The van der Waals surface area contributed by atoms with Gasteiger partial charge in [-0.25, -0.2) is 0 Å². The molecule has 0 aliphatic rings. The van der Waals surface area contributed by atoms with E-state index < -0.39 is 18.1 Å². The average Bonchev–Trinajstić information content (AvgIpc) is 2.53. The highest BCUT2D eigenvalue weighted by Crippen LogP contribution is 2.22. The number of carbonyl (C=O) groups excluding carboxylic acids is 1. The highest BCUT2D eigenvalue weighted by molar-refractivity contribution is 5.96. The number of benzene rings is 2. The molecule has 0 aliphatic heterocycles. The summed E-state index contributed by atoms with van der Waals surface area (Å²) < 4.78 is 29.1. The van der Waals surface area contributed by atoms with Crippen molar-refractivity contribution in [1.29, 1.82) is 0 Å². The molecular weight excluding hydrogens is 304 g/mol. The number of hydrogen-bond acceptors (Lipinski definition) is 3. The molecule has 0 bridgehead atoms. The predicted molar refractivity (Wildman–Crippen MR) is 81.4 cm³/mol. The van der Waals surface area contributed by atoms with E-state index >= 15 is 0 Å². The molecule has 2 aromatic carbocycles. The van der Waals surface area contributed by atoms with Crippen LogP contribution in [0.4, 0.5) is 8.78 Å². The second-order valence-corrected chi connectivity index (χ2v) is 5.20. The molecule has 2 rings (SSSR count). The molecule has 1 atom stereocenters. The Morgan fingerprint density at radius 1 is 1.17 bits per heavy atom. The highest BCUT2D eigenvalue weighted by atomic mass is 19.3. The van der Waals surface area contributed by atoms with E-state index in [4.69, 9.17) is 0 Å². The Hall–Kier alpha value is -2.47. The molecule has 122 valence electrons. The number of rotatable bonds is 6. The Kier molecular flexibility index (Phi) is 5.28. The van der Waals surface area contributed by atoms with E-state index in [0.29, 0.717) is 5.56 Å². The molecule has 2 aromatic rings. The van der Waals surface area contributed by atoms with Gasteiger partial charge >= 0.3 is 6.61 Å². The minimum absolute atomic E-state index is 0.0170. The lowest BCUT2D eigenvalue weighted by molar-refractivity contribution is -0.0502. The summed E-state index contributed by atoms with van der Waals surface area (Å²) in [5, 5.41) is 13.0. The van der Waals surface area contributed by atoms with Crippen molar-refractivity contribution < 1.29 is 23.4 Å². The van der Waals surface area contributed by atoms with Gasteiger partial charge in [0, 0.05) is 0 Å². The molecule has 1 unspecified atom stereocenters. The normalized spacial score (nSPS) is 13.4. The topological polar surface area (TPSA) is 58.6 Å². The summed E-state index contributed by atoms with van der Waals surface area (Å²) in [5.41, 5.74) is -0.663. The van der Waals surface area contributed by atoms with Crippen molar-refractivity contribution >= 4 is 5.91 Å². The summed E-state index contributed by atoms with van der Waals surface area (Å²) in [6, 6.07) is 14.5. The van der Waals surface area contributed by atoms with Crippen LogP contribution in [0.15, 0.2) is 54.6 Å². The molecule has 0 heterocycles. The second kappa shape index (κ2) is 7.19. The molecule has 4 nitrogen and oxygen atoms in total. The van der Waals surface area contributed by atoms with Crippen LogP contribution in [-0.4, -0.2) is 24.2 Å². The van der Waals surface area contributed by atoms with Gasteiger partial charge in [-0.3, -0.25) is 4.79 Å². The molecule has 0 spiro atoms. The van der Waals surface area contributed by atoms with Crippen LogP contribution in [0.1, 0.15) is 22.8 Å². The third-order valence-corrected chi connectivity index (χ3v) is 3.34. The van der Waals surface area contributed by atoms with Crippen molar-refractivity contribution in [2.45, 2.75) is 19.1 Å². The van der Waals surface area contributed by atoms with Crippen LogP contribution in [-0.2, 0) is 5.60 Å². The number of ether oxygens (including phenoxy) is 1. The first kappa shape index (κ1) is 16.9. The van der Waals surface area contributed by atoms with E-state index in [-0.39, 0.29) is 17.9 Å². The van der Waals surface area contributed by atoms with Gasteiger partial charge in [0.1, 0.15) is 11.4 Å². The highest BCUT2D eigenvalue weighted by Gasteiger charge is 2.24. The molecule has 1 amide bonds. The maximum absolute atomic E-state index is 12.4. The van der Waals surface area contributed by atoms with Gasteiger partial charge in [0.25, 0.3) is 5.91 Å². The number of para-hydroxylation sites is 1. The van der Waals surface area contributed by atoms with Gasteiger partial charge in [-0.05, 0) is 24.6 Å². The molecule has 0 radical (unpaired) electrons. The maximum atomic E-state index is 12.4.